The maximum absolute atomic E-state index is 13.5. The lowest BCUT2D eigenvalue weighted by Crippen LogP contribution is -2.54. The van der Waals surface area contributed by atoms with Gasteiger partial charge in [0.05, 0.1) is 32.8 Å². The Hall–Kier alpha value is -5.53. The lowest BCUT2D eigenvalue weighted by Gasteiger charge is -2.25. The van der Waals surface area contributed by atoms with Crippen molar-refractivity contribution in [3.05, 3.63) is 42.0 Å². The first-order valence-corrected chi connectivity index (χ1v) is 18.9. The third-order valence-electron chi connectivity index (χ3n) is 8.88. The Balaban J connectivity index is 1.95. The minimum Gasteiger partial charge on any atom is -0.480 e. The molecule has 1 aliphatic rings. The molecule has 6 amide bonds. The van der Waals surface area contributed by atoms with Crippen molar-refractivity contribution in [1.82, 2.24) is 30.7 Å². The second-order valence-electron chi connectivity index (χ2n) is 13.9. The summed E-state index contributed by atoms with van der Waals surface area (Å²) in [4.78, 5) is 113. The Labute approximate surface area is 331 Å². The van der Waals surface area contributed by atoms with Crippen molar-refractivity contribution in [2.45, 2.75) is 77.5 Å². The van der Waals surface area contributed by atoms with E-state index < -0.39 is 54.8 Å². The van der Waals surface area contributed by atoms with Crippen LogP contribution in [0, 0.1) is 5.92 Å². The van der Waals surface area contributed by atoms with E-state index in [0.717, 1.165) is 4.90 Å². The minimum absolute atomic E-state index is 0.00680. The molecule has 2 rings (SSSR count). The highest BCUT2D eigenvalue weighted by Gasteiger charge is 2.29. The number of benzene rings is 1. The number of aliphatic carboxylic acids is 2. The highest BCUT2D eigenvalue weighted by atomic mass is 16.4. The second kappa shape index (κ2) is 25.6. The van der Waals surface area contributed by atoms with Crippen LogP contribution in [0.25, 0.3) is 0 Å². The second-order valence-corrected chi connectivity index (χ2v) is 13.9. The van der Waals surface area contributed by atoms with E-state index in [-0.39, 0.29) is 82.4 Å². The van der Waals surface area contributed by atoms with E-state index in [1.54, 1.807) is 38.1 Å². The first-order chi connectivity index (χ1) is 27.1. The van der Waals surface area contributed by atoms with Crippen molar-refractivity contribution in [3.63, 3.8) is 0 Å². The maximum atomic E-state index is 13.5. The molecule has 1 aromatic rings. The summed E-state index contributed by atoms with van der Waals surface area (Å²) in [6, 6.07) is 4.50. The predicted octanol–water partition coefficient (Wildman–Crippen LogP) is -0.513. The van der Waals surface area contributed by atoms with Crippen molar-refractivity contribution >= 4 is 59.4 Å². The molecule has 19 nitrogen and oxygen atoms in total. The van der Waals surface area contributed by atoms with Gasteiger partial charge in [0.2, 0.25) is 23.6 Å². The number of unbranched alkanes of at least 4 members (excludes halogenated alkanes) is 3. The standard InChI is InChI=1S/C38H55N7O12/c1-26(2)36(42-30(48)9-4-3-7-17-45-32(50)14-15-33(45)51)38(57)41-29(37(56)40-28-12-10-27(25-47)11-13-28)8-5-6-16-39-31(49)22-43(20-21-46)18-19-44(23-34(52)53)24-35(54)55/h10-15,21,26,29,36,47H,3-9,16-20,22-25H2,1-2H3,(H,39,49)(H,40,56)(H,41,57)(H,42,48)(H,52,53)(H,54,55)/t29-,36?/m0/s1. The van der Waals surface area contributed by atoms with Crippen LogP contribution in [0.5, 0.6) is 0 Å². The van der Waals surface area contributed by atoms with Crippen molar-refractivity contribution in [2.24, 2.45) is 5.92 Å². The summed E-state index contributed by atoms with van der Waals surface area (Å²) in [7, 11) is 0. The quantitative estimate of drug-likeness (QED) is 0.0306. The molecule has 57 heavy (non-hydrogen) atoms. The molecular weight excluding hydrogens is 746 g/mol. The number of carbonyl (C=O) groups is 9. The molecular formula is C38H55N7O12. The number of nitrogens with one attached hydrogen (secondary N) is 4. The highest BCUT2D eigenvalue weighted by molar-refractivity contribution is 6.12. The zero-order valence-corrected chi connectivity index (χ0v) is 32.4. The predicted molar refractivity (Wildman–Crippen MR) is 205 cm³/mol. The number of carbonyl (C=O) groups excluding carboxylic acids is 7. The van der Waals surface area contributed by atoms with Gasteiger partial charge in [0.1, 0.15) is 18.4 Å². The van der Waals surface area contributed by atoms with Crippen molar-refractivity contribution < 1.29 is 58.5 Å². The average Bonchev–Trinajstić information content (AvgIpc) is 3.47. The normalized spacial score (nSPS) is 13.5. The van der Waals surface area contributed by atoms with Crippen LogP contribution in [0.4, 0.5) is 5.69 Å². The minimum atomic E-state index is -1.22. The van der Waals surface area contributed by atoms with Crippen LogP contribution in [0.15, 0.2) is 36.4 Å². The molecule has 7 N–H and O–H groups in total. The van der Waals surface area contributed by atoms with Gasteiger partial charge in [0, 0.05) is 50.4 Å². The van der Waals surface area contributed by atoms with E-state index in [1.807, 2.05) is 0 Å². The number of amides is 6. The molecule has 0 bridgehead atoms. The van der Waals surface area contributed by atoms with E-state index in [1.165, 1.54) is 22.0 Å². The number of aldehydes is 1. The van der Waals surface area contributed by atoms with Gasteiger partial charge in [-0.15, -0.1) is 0 Å². The number of anilines is 1. The van der Waals surface area contributed by atoms with Crippen LogP contribution >= 0.6 is 0 Å². The topological polar surface area (TPSA) is 272 Å². The maximum Gasteiger partial charge on any atom is 0.317 e. The average molecular weight is 802 g/mol. The van der Waals surface area contributed by atoms with Crippen molar-refractivity contribution in [1.29, 1.82) is 0 Å². The van der Waals surface area contributed by atoms with Crippen LogP contribution in [-0.4, -0.2) is 148 Å². The molecule has 2 atom stereocenters. The molecule has 19 heteroatoms. The molecule has 1 aromatic carbocycles. The highest BCUT2D eigenvalue weighted by Crippen LogP contribution is 2.13. The van der Waals surface area contributed by atoms with E-state index in [0.29, 0.717) is 49.6 Å². The van der Waals surface area contributed by atoms with E-state index >= 15 is 0 Å². The molecule has 1 unspecified atom stereocenters. The molecule has 1 aliphatic heterocycles. The number of nitrogens with zero attached hydrogens (tertiary/aromatic N) is 3. The van der Waals surface area contributed by atoms with E-state index in [4.69, 9.17) is 10.2 Å². The number of imide groups is 1. The lowest BCUT2D eigenvalue weighted by molar-refractivity contribution is -0.142. The van der Waals surface area contributed by atoms with Crippen LogP contribution in [0.2, 0.25) is 0 Å². The third-order valence-corrected chi connectivity index (χ3v) is 8.88. The molecule has 0 spiro atoms. The Morgan fingerprint density at radius 3 is 1.98 bits per heavy atom. The van der Waals surface area contributed by atoms with Gasteiger partial charge in [-0.1, -0.05) is 32.4 Å². The first kappa shape index (κ1) is 47.6. The van der Waals surface area contributed by atoms with Gasteiger partial charge in [0.25, 0.3) is 11.8 Å². The number of rotatable bonds is 29. The fourth-order valence-electron chi connectivity index (χ4n) is 5.80. The summed E-state index contributed by atoms with van der Waals surface area (Å²) in [6.07, 6.45) is 5.61. The number of carboxylic acids is 2. The van der Waals surface area contributed by atoms with Crippen LogP contribution in [0.3, 0.4) is 0 Å². The smallest absolute Gasteiger partial charge is 0.317 e. The van der Waals surface area contributed by atoms with Gasteiger partial charge in [-0.2, -0.15) is 0 Å². The molecule has 0 aromatic heterocycles. The van der Waals surface area contributed by atoms with Crippen LogP contribution in [0.1, 0.15) is 64.4 Å². The van der Waals surface area contributed by atoms with Crippen LogP contribution in [-0.2, 0) is 49.8 Å². The monoisotopic (exact) mass is 801 g/mol. The molecule has 314 valence electrons. The molecule has 0 aliphatic carbocycles. The SMILES string of the molecule is CC(C)C(NC(=O)CCCCCN1C(=O)C=CC1=O)C(=O)N[C@@H](CCCCNC(=O)CN(CC=O)CCN(CC(=O)O)CC(=O)O)C(=O)Nc1ccc(CO)cc1. The van der Waals surface area contributed by atoms with Gasteiger partial charge in [0.15, 0.2) is 0 Å². The number of hydrogen-bond donors (Lipinski definition) is 7. The molecule has 0 saturated carbocycles. The van der Waals surface area contributed by atoms with Gasteiger partial charge in [-0.3, -0.25) is 53.1 Å². The Morgan fingerprint density at radius 2 is 1.40 bits per heavy atom. The zero-order chi connectivity index (χ0) is 42.3. The molecule has 0 saturated heterocycles. The third kappa shape index (κ3) is 18.8. The van der Waals surface area contributed by atoms with Gasteiger partial charge >= 0.3 is 11.9 Å². The van der Waals surface area contributed by atoms with E-state index in [9.17, 15) is 48.3 Å². The van der Waals surface area contributed by atoms with Gasteiger partial charge in [-0.25, -0.2) is 0 Å². The summed E-state index contributed by atoms with van der Waals surface area (Å²) in [6.45, 7) is 2.42. The number of aliphatic hydroxyl groups excluding tert-OH is 1. The number of aliphatic hydroxyl groups is 1. The Kier molecular flexibility index (Phi) is 21.4. The van der Waals surface area contributed by atoms with Crippen molar-refractivity contribution in [3.8, 4) is 0 Å². The van der Waals surface area contributed by atoms with Crippen LogP contribution < -0.4 is 21.3 Å². The number of hydrogen-bond acceptors (Lipinski definition) is 12. The summed E-state index contributed by atoms with van der Waals surface area (Å²) in [5.74, 6) is -5.40. The Bertz CT molecular complexity index is 1550. The van der Waals surface area contributed by atoms with Gasteiger partial charge in [-0.05, 0) is 55.7 Å². The zero-order valence-electron chi connectivity index (χ0n) is 32.4. The Morgan fingerprint density at radius 1 is 0.772 bits per heavy atom. The lowest BCUT2D eigenvalue weighted by atomic mass is 10.0. The summed E-state index contributed by atoms with van der Waals surface area (Å²) < 4.78 is 0. The largest absolute Gasteiger partial charge is 0.480 e. The number of carboxylic acid groups (broad SMARTS) is 2. The summed E-state index contributed by atoms with van der Waals surface area (Å²) in [5, 5.41) is 38.4. The summed E-state index contributed by atoms with van der Waals surface area (Å²) in [5.41, 5.74) is 1.07. The molecule has 1 heterocycles. The fraction of sp³-hybridized carbons (Fsp3) is 0.553. The van der Waals surface area contributed by atoms with E-state index in [2.05, 4.69) is 21.3 Å². The van der Waals surface area contributed by atoms with Crippen molar-refractivity contribution in [2.75, 3.05) is 57.7 Å². The fourth-order valence-corrected chi connectivity index (χ4v) is 5.80. The first-order valence-electron chi connectivity index (χ1n) is 18.9. The molecule has 0 radical (unpaired) electrons. The molecule has 0 fully saturated rings. The summed E-state index contributed by atoms with van der Waals surface area (Å²) >= 11 is 0. The van der Waals surface area contributed by atoms with Gasteiger partial charge < -0.3 is 41.4 Å².